The fraction of sp³-hybridized carbons (Fsp3) is 0.867. The lowest BCUT2D eigenvalue weighted by molar-refractivity contribution is -0.0469. The molecule has 20 heavy (non-hydrogen) atoms. The zero-order valence-electron chi connectivity index (χ0n) is 12.5. The minimum atomic E-state index is -0.283. The van der Waals surface area contributed by atoms with Crippen LogP contribution in [0.15, 0.2) is 4.52 Å². The van der Waals surface area contributed by atoms with Crippen LogP contribution in [0.2, 0.25) is 0 Å². The third kappa shape index (κ3) is 2.61. The van der Waals surface area contributed by atoms with Crippen LogP contribution in [0.5, 0.6) is 0 Å². The van der Waals surface area contributed by atoms with Gasteiger partial charge in [0.1, 0.15) is 5.60 Å². The lowest BCUT2D eigenvalue weighted by Gasteiger charge is -2.26. The molecule has 5 heteroatoms. The van der Waals surface area contributed by atoms with Gasteiger partial charge in [0.25, 0.3) is 0 Å². The predicted octanol–water partition coefficient (Wildman–Crippen LogP) is 2.73. The first-order valence-electron chi connectivity index (χ1n) is 7.95. The van der Waals surface area contributed by atoms with Gasteiger partial charge in [-0.1, -0.05) is 5.16 Å². The molecule has 2 unspecified atom stereocenters. The Kier molecular flexibility index (Phi) is 4.08. The quantitative estimate of drug-likeness (QED) is 0.918. The molecule has 1 aliphatic carbocycles. The topological polar surface area (TPSA) is 60.2 Å². The van der Waals surface area contributed by atoms with Crippen molar-refractivity contribution in [3.8, 4) is 0 Å². The van der Waals surface area contributed by atoms with E-state index < -0.39 is 0 Å². The van der Waals surface area contributed by atoms with E-state index in [9.17, 15) is 0 Å². The van der Waals surface area contributed by atoms with Crippen molar-refractivity contribution >= 4 is 0 Å². The van der Waals surface area contributed by atoms with Gasteiger partial charge in [-0.2, -0.15) is 4.98 Å². The summed E-state index contributed by atoms with van der Waals surface area (Å²) in [6.45, 7) is 5.98. The molecule has 2 aliphatic rings. The molecule has 1 aromatic rings. The van der Waals surface area contributed by atoms with Gasteiger partial charge in [-0.3, -0.25) is 0 Å². The van der Waals surface area contributed by atoms with Gasteiger partial charge in [0.05, 0.1) is 0 Å². The van der Waals surface area contributed by atoms with Crippen molar-refractivity contribution in [1.82, 2.24) is 15.5 Å². The molecule has 1 aromatic heterocycles. The summed E-state index contributed by atoms with van der Waals surface area (Å²) in [6, 6.07) is 0.524. The number of piperidine rings is 1. The highest BCUT2D eigenvalue weighted by molar-refractivity contribution is 5.07. The summed E-state index contributed by atoms with van der Waals surface area (Å²) in [5, 5.41) is 7.71. The Bertz CT molecular complexity index is 440. The number of hydrogen-bond acceptors (Lipinski definition) is 5. The highest BCUT2D eigenvalue weighted by Gasteiger charge is 2.41. The van der Waals surface area contributed by atoms with Gasteiger partial charge in [0.2, 0.25) is 11.7 Å². The summed E-state index contributed by atoms with van der Waals surface area (Å²) < 4.78 is 11.6. The molecule has 0 amide bonds. The Hall–Kier alpha value is -0.940. The summed E-state index contributed by atoms with van der Waals surface area (Å²) in [7, 11) is 0. The average Bonchev–Trinajstić information content (AvgIpc) is 3.08. The smallest absolute Gasteiger partial charge is 0.229 e. The summed E-state index contributed by atoms with van der Waals surface area (Å²) in [5.41, 5.74) is -0.283. The van der Waals surface area contributed by atoms with Gasteiger partial charge in [0, 0.05) is 18.6 Å². The number of hydrogen-bond donors (Lipinski definition) is 1. The number of nitrogens with zero attached hydrogens (tertiary/aromatic N) is 2. The molecule has 112 valence electrons. The number of nitrogens with one attached hydrogen (secondary N) is 1. The number of aromatic nitrogens is 2. The van der Waals surface area contributed by atoms with Crippen LogP contribution in [0, 0.1) is 0 Å². The Labute approximate surface area is 120 Å². The Morgan fingerprint density at radius 2 is 2.20 bits per heavy atom. The van der Waals surface area contributed by atoms with Crippen LogP contribution in [-0.2, 0) is 10.3 Å². The molecule has 0 radical (unpaired) electrons. The zero-order valence-corrected chi connectivity index (χ0v) is 12.5. The summed E-state index contributed by atoms with van der Waals surface area (Å²) in [6.07, 6.45) is 6.56. The van der Waals surface area contributed by atoms with Gasteiger partial charge in [-0.15, -0.1) is 0 Å². The summed E-state index contributed by atoms with van der Waals surface area (Å²) in [4.78, 5) is 4.71. The lowest BCUT2D eigenvalue weighted by atomic mass is 9.93. The third-order valence-electron chi connectivity index (χ3n) is 4.65. The number of rotatable bonds is 4. The van der Waals surface area contributed by atoms with Crippen LogP contribution in [0.3, 0.4) is 0 Å². The van der Waals surface area contributed by atoms with Crippen LogP contribution in [-0.4, -0.2) is 29.3 Å². The SMILES string of the molecule is CCOC1(c2noc(C3CCNC(C)C3)n2)CCCC1. The minimum Gasteiger partial charge on any atom is -0.367 e. The van der Waals surface area contributed by atoms with E-state index in [1.165, 1.54) is 12.8 Å². The highest BCUT2D eigenvalue weighted by atomic mass is 16.5. The van der Waals surface area contributed by atoms with E-state index in [-0.39, 0.29) is 5.60 Å². The van der Waals surface area contributed by atoms with Crippen LogP contribution < -0.4 is 5.32 Å². The summed E-state index contributed by atoms with van der Waals surface area (Å²) in [5.74, 6) is 1.98. The molecular formula is C15H25N3O2. The molecule has 2 heterocycles. The van der Waals surface area contributed by atoms with Crippen molar-refractivity contribution in [2.24, 2.45) is 0 Å². The Morgan fingerprint density at radius 3 is 2.90 bits per heavy atom. The first-order chi connectivity index (χ1) is 9.73. The normalized spacial score (nSPS) is 29.7. The van der Waals surface area contributed by atoms with Crippen molar-refractivity contribution in [3.63, 3.8) is 0 Å². The van der Waals surface area contributed by atoms with E-state index in [1.807, 2.05) is 6.92 Å². The predicted molar refractivity (Wildman–Crippen MR) is 75.5 cm³/mol. The Balaban J connectivity index is 1.78. The largest absolute Gasteiger partial charge is 0.367 e. The van der Waals surface area contributed by atoms with E-state index >= 15 is 0 Å². The van der Waals surface area contributed by atoms with E-state index in [0.717, 1.165) is 43.9 Å². The molecule has 0 spiro atoms. The van der Waals surface area contributed by atoms with Crippen molar-refractivity contribution < 1.29 is 9.26 Å². The minimum absolute atomic E-state index is 0.283. The fourth-order valence-corrected chi connectivity index (χ4v) is 3.60. The van der Waals surface area contributed by atoms with Crippen molar-refractivity contribution in [2.45, 2.75) is 69.9 Å². The van der Waals surface area contributed by atoms with Crippen LogP contribution >= 0.6 is 0 Å². The van der Waals surface area contributed by atoms with Crippen LogP contribution in [0.25, 0.3) is 0 Å². The fourth-order valence-electron chi connectivity index (χ4n) is 3.60. The molecule has 5 nitrogen and oxygen atoms in total. The molecule has 2 atom stereocenters. The Morgan fingerprint density at radius 1 is 1.40 bits per heavy atom. The molecule has 1 aliphatic heterocycles. The van der Waals surface area contributed by atoms with E-state index in [1.54, 1.807) is 0 Å². The molecule has 1 saturated carbocycles. The van der Waals surface area contributed by atoms with E-state index in [2.05, 4.69) is 17.4 Å². The number of ether oxygens (including phenoxy) is 1. The van der Waals surface area contributed by atoms with E-state index in [4.69, 9.17) is 14.2 Å². The van der Waals surface area contributed by atoms with Crippen molar-refractivity contribution in [1.29, 1.82) is 0 Å². The van der Waals surface area contributed by atoms with Crippen molar-refractivity contribution in [3.05, 3.63) is 11.7 Å². The lowest BCUT2D eigenvalue weighted by Crippen LogP contribution is -2.35. The van der Waals surface area contributed by atoms with Gasteiger partial charge in [-0.05, 0) is 58.9 Å². The molecule has 1 saturated heterocycles. The second kappa shape index (κ2) is 5.82. The average molecular weight is 279 g/mol. The first kappa shape index (κ1) is 14.0. The van der Waals surface area contributed by atoms with Gasteiger partial charge in [-0.25, -0.2) is 0 Å². The van der Waals surface area contributed by atoms with Gasteiger partial charge < -0.3 is 14.6 Å². The second-order valence-corrected chi connectivity index (χ2v) is 6.17. The van der Waals surface area contributed by atoms with Crippen LogP contribution in [0.1, 0.15) is 70.0 Å². The third-order valence-corrected chi connectivity index (χ3v) is 4.65. The van der Waals surface area contributed by atoms with Crippen molar-refractivity contribution in [2.75, 3.05) is 13.2 Å². The molecule has 2 fully saturated rings. The maximum absolute atomic E-state index is 6.00. The maximum atomic E-state index is 6.00. The summed E-state index contributed by atoms with van der Waals surface area (Å²) >= 11 is 0. The van der Waals surface area contributed by atoms with Gasteiger partial charge >= 0.3 is 0 Å². The maximum Gasteiger partial charge on any atom is 0.229 e. The van der Waals surface area contributed by atoms with Gasteiger partial charge in [0.15, 0.2) is 0 Å². The standard InChI is InChI=1S/C15H25N3O2/c1-3-19-15(7-4-5-8-15)14-17-13(20-18-14)12-6-9-16-11(2)10-12/h11-12,16H,3-10H2,1-2H3. The van der Waals surface area contributed by atoms with E-state index in [0.29, 0.717) is 18.6 Å². The molecule has 3 rings (SSSR count). The first-order valence-corrected chi connectivity index (χ1v) is 7.95. The molecular weight excluding hydrogens is 254 g/mol. The zero-order chi connectivity index (χ0) is 14.0. The molecule has 1 N–H and O–H groups in total. The highest BCUT2D eigenvalue weighted by Crippen LogP contribution is 2.41. The monoisotopic (exact) mass is 279 g/mol. The molecule has 0 bridgehead atoms. The second-order valence-electron chi connectivity index (χ2n) is 6.17. The molecule has 0 aromatic carbocycles. The van der Waals surface area contributed by atoms with Crippen LogP contribution in [0.4, 0.5) is 0 Å².